The average molecular weight is 292 g/mol. The molecule has 1 saturated heterocycles. The van der Waals surface area contributed by atoms with E-state index in [-0.39, 0.29) is 0 Å². The third-order valence-electron chi connectivity index (χ3n) is 3.34. The summed E-state index contributed by atoms with van der Waals surface area (Å²) in [6, 6.07) is 0.826. The molecule has 1 aliphatic rings. The van der Waals surface area contributed by atoms with Gasteiger partial charge in [-0.3, -0.25) is 4.90 Å². The minimum absolute atomic E-state index is 0.826. The molecule has 1 fully saturated rings. The summed E-state index contributed by atoms with van der Waals surface area (Å²) in [4.78, 5) is 2.62. The monoisotopic (exact) mass is 291 g/mol. The predicted molar refractivity (Wildman–Crippen MR) is 73.4 cm³/mol. The number of likely N-dealkylation sites (tertiary alicyclic amines) is 1. The van der Waals surface area contributed by atoms with Gasteiger partial charge in [-0.2, -0.15) is 0 Å². The fraction of sp³-hybridized carbons (Fsp3) is 1.00. The van der Waals surface area contributed by atoms with Crippen molar-refractivity contribution in [2.75, 3.05) is 31.6 Å². The van der Waals surface area contributed by atoms with E-state index in [0.717, 1.165) is 31.1 Å². The molecule has 1 atom stereocenters. The van der Waals surface area contributed by atoms with E-state index in [1.54, 1.807) is 0 Å². The van der Waals surface area contributed by atoms with Crippen molar-refractivity contribution in [2.45, 2.75) is 51.5 Å². The topological polar surface area (TPSA) is 12.5 Å². The van der Waals surface area contributed by atoms with Crippen LogP contribution < -0.4 is 0 Å². The molecule has 1 aliphatic heterocycles. The van der Waals surface area contributed by atoms with Crippen LogP contribution >= 0.6 is 15.9 Å². The Balaban J connectivity index is 2.05. The van der Waals surface area contributed by atoms with E-state index in [9.17, 15) is 0 Å². The molecule has 0 N–H and O–H groups in total. The number of alkyl halides is 1. The summed E-state index contributed by atoms with van der Waals surface area (Å²) < 4.78 is 5.64. The molecule has 0 radical (unpaired) electrons. The molecular weight excluding hydrogens is 266 g/mol. The van der Waals surface area contributed by atoms with Crippen molar-refractivity contribution in [3.05, 3.63) is 0 Å². The molecule has 2 nitrogen and oxygen atoms in total. The molecule has 1 rings (SSSR count). The van der Waals surface area contributed by atoms with E-state index >= 15 is 0 Å². The highest BCUT2D eigenvalue weighted by Crippen LogP contribution is 2.21. The molecule has 96 valence electrons. The van der Waals surface area contributed by atoms with Gasteiger partial charge in [0.15, 0.2) is 0 Å². The highest BCUT2D eigenvalue weighted by atomic mass is 79.9. The Morgan fingerprint density at radius 1 is 1.31 bits per heavy atom. The Morgan fingerprint density at radius 3 is 2.94 bits per heavy atom. The maximum Gasteiger partial charge on any atom is 0.0593 e. The molecular formula is C13H26BrNO. The molecule has 1 unspecified atom stereocenters. The minimum Gasteiger partial charge on any atom is -0.380 e. The Bertz CT molecular complexity index is 166. The fourth-order valence-electron chi connectivity index (χ4n) is 2.36. The molecule has 0 aliphatic carbocycles. The molecule has 0 amide bonds. The van der Waals surface area contributed by atoms with Crippen LogP contribution in [0.5, 0.6) is 0 Å². The van der Waals surface area contributed by atoms with Gasteiger partial charge in [0, 0.05) is 24.5 Å². The lowest BCUT2D eigenvalue weighted by molar-refractivity contribution is 0.0960. The van der Waals surface area contributed by atoms with Gasteiger partial charge in [-0.1, -0.05) is 29.3 Å². The number of hydrogen-bond donors (Lipinski definition) is 0. The standard InChI is InChI=1S/C13H26BrNO/c1-2-3-11-16-12-10-15-9-5-7-13(15)6-4-8-14/h13H,2-12H2,1H3. The SMILES string of the molecule is CCCCOCCN1CCCC1CCCBr. The van der Waals surface area contributed by atoms with Crippen LogP contribution in [0.2, 0.25) is 0 Å². The second-order valence-corrected chi connectivity index (χ2v) is 5.42. The number of ether oxygens (including phenoxy) is 1. The quantitative estimate of drug-likeness (QED) is 0.477. The largest absolute Gasteiger partial charge is 0.380 e. The first-order valence-corrected chi connectivity index (χ1v) is 7.88. The lowest BCUT2D eigenvalue weighted by Gasteiger charge is -2.24. The number of unbranched alkanes of at least 4 members (excludes halogenated alkanes) is 1. The highest BCUT2D eigenvalue weighted by molar-refractivity contribution is 9.09. The van der Waals surface area contributed by atoms with Crippen LogP contribution in [0, 0.1) is 0 Å². The van der Waals surface area contributed by atoms with Gasteiger partial charge in [0.05, 0.1) is 6.61 Å². The predicted octanol–water partition coefficient (Wildman–Crippen LogP) is 3.44. The van der Waals surface area contributed by atoms with Crippen LogP contribution in [0.3, 0.4) is 0 Å². The lowest BCUT2D eigenvalue weighted by atomic mass is 10.1. The first-order valence-electron chi connectivity index (χ1n) is 6.76. The van der Waals surface area contributed by atoms with Crippen LogP contribution in [0.1, 0.15) is 45.4 Å². The van der Waals surface area contributed by atoms with Crippen molar-refractivity contribution in [2.24, 2.45) is 0 Å². The van der Waals surface area contributed by atoms with Gasteiger partial charge in [0.2, 0.25) is 0 Å². The second-order valence-electron chi connectivity index (χ2n) is 4.63. The van der Waals surface area contributed by atoms with Gasteiger partial charge in [-0.15, -0.1) is 0 Å². The number of nitrogens with zero attached hydrogens (tertiary/aromatic N) is 1. The number of rotatable bonds is 9. The van der Waals surface area contributed by atoms with E-state index in [2.05, 4.69) is 27.8 Å². The van der Waals surface area contributed by atoms with Gasteiger partial charge in [0.25, 0.3) is 0 Å². The summed E-state index contributed by atoms with van der Waals surface area (Å²) in [7, 11) is 0. The van der Waals surface area contributed by atoms with Gasteiger partial charge in [0.1, 0.15) is 0 Å². The summed E-state index contributed by atoms with van der Waals surface area (Å²) in [6.45, 7) is 6.49. The Hall–Kier alpha value is 0.400. The van der Waals surface area contributed by atoms with Gasteiger partial charge in [-0.05, 0) is 38.6 Å². The van der Waals surface area contributed by atoms with Crippen LogP contribution in [0.25, 0.3) is 0 Å². The van der Waals surface area contributed by atoms with Crippen molar-refractivity contribution in [3.63, 3.8) is 0 Å². The van der Waals surface area contributed by atoms with Gasteiger partial charge < -0.3 is 4.74 Å². The summed E-state index contributed by atoms with van der Waals surface area (Å²) in [5.41, 5.74) is 0. The molecule has 0 aromatic heterocycles. The average Bonchev–Trinajstić information content (AvgIpc) is 2.74. The molecule has 0 aromatic carbocycles. The molecule has 1 heterocycles. The fourth-order valence-corrected chi connectivity index (χ4v) is 2.68. The molecule has 0 saturated carbocycles. The zero-order valence-electron chi connectivity index (χ0n) is 10.6. The van der Waals surface area contributed by atoms with Crippen molar-refractivity contribution in [3.8, 4) is 0 Å². The van der Waals surface area contributed by atoms with E-state index < -0.39 is 0 Å². The van der Waals surface area contributed by atoms with Gasteiger partial charge in [-0.25, -0.2) is 0 Å². The Labute approximate surface area is 109 Å². The molecule has 3 heteroatoms. The van der Waals surface area contributed by atoms with E-state index in [0.29, 0.717) is 0 Å². The zero-order chi connectivity index (χ0) is 11.6. The third kappa shape index (κ3) is 5.65. The van der Waals surface area contributed by atoms with Crippen LogP contribution in [-0.2, 0) is 4.74 Å². The Morgan fingerprint density at radius 2 is 2.19 bits per heavy atom. The first kappa shape index (κ1) is 14.5. The maximum atomic E-state index is 5.64. The second kappa shape index (κ2) is 9.43. The van der Waals surface area contributed by atoms with Crippen molar-refractivity contribution in [1.29, 1.82) is 0 Å². The molecule has 0 spiro atoms. The van der Waals surface area contributed by atoms with Crippen LogP contribution in [-0.4, -0.2) is 42.6 Å². The summed E-state index contributed by atoms with van der Waals surface area (Å²) in [6.07, 6.45) is 7.85. The summed E-state index contributed by atoms with van der Waals surface area (Å²) in [5, 5.41) is 1.14. The summed E-state index contributed by atoms with van der Waals surface area (Å²) in [5.74, 6) is 0. The smallest absolute Gasteiger partial charge is 0.0593 e. The summed E-state index contributed by atoms with van der Waals surface area (Å²) >= 11 is 3.51. The molecule has 0 aromatic rings. The molecule has 16 heavy (non-hydrogen) atoms. The first-order chi connectivity index (χ1) is 7.88. The number of hydrogen-bond acceptors (Lipinski definition) is 2. The van der Waals surface area contributed by atoms with Crippen molar-refractivity contribution in [1.82, 2.24) is 4.90 Å². The molecule has 0 bridgehead atoms. The highest BCUT2D eigenvalue weighted by Gasteiger charge is 2.23. The number of halogens is 1. The normalized spacial score (nSPS) is 21.8. The third-order valence-corrected chi connectivity index (χ3v) is 3.90. The van der Waals surface area contributed by atoms with E-state index in [4.69, 9.17) is 4.74 Å². The zero-order valence-corrected chi connectivity index (χ0v) is 12.2. The minimum atomic E-state index is 0.826. The Kier molecular flexibility index (Phi) is 8.52. The maximum absolute atomic E-state index is 5.64. The lowest BCUT2D eigenvalue weighted by Crippen LogP contribution is -2.32. The van der Waals surface area contributed by atoms with Crippen molar-refractivity contribution >= 4 is 15.9 Å². The van der Waals surface area contributed by atoms with Crippen LogP contribution in [0.4, 0.5) is 0 Å². The van der Waals surface area contributed by atoms with E-state index in [1.807, 2.05) is 0 Å². The van der Waals surface area contributed by atoms with Gasteiger partial charge >= 0.3 is 0 Å². The van der Waals surface area contributed by atoms with E-state index in [1.165, 1.54) is 45.1 Å². The van der Waals surface area contributed by atoms with Crippen molar-refractivity contribution < 1.29 is 4.74 Å². The van der Waals surface area contributed by atoms with Crippen LogP contribution in [0.15, 0.2) is 0 Å².